The van der Waals surface area contributed by atoms with Gasteiger partial charge in [0.05, 0.1) is 13.7 Å². The van der Waals surface area contributed by atoms with Crippen molar-refractivity contribution in [2.75, 3.05) is 7.11 Å². The molecule has 0 aromatic heterocycles. The maximum absolute atomic E-state index is 12.7. The Balaban J connectivity index is 3.19. The molecule has 0 unspecified atom stereocenters. The zero-order chi connectivity index (χ0) is 9.14. The van der Waals surface area contributed by atoms with Gasteiger partial charge in [-0.25, -0.2) is 4.39 Å². The third-order valence-electron chi connectivity index (χ3n) is 1.52. The Morgan fingerprint density at radius 3 is 2.67 bits per heavy atom. The molecule has 0 heterocycles. The second-order valence-corrected chi connectivity index (χ2v) is 2.27. The van der Waals surface area contributed by atoms with Gasteiger partial charge in [-0.2, -0.15) is 0 Å². The molecule has 0 fully saturated rings. The number of aliphatic hydroxyl groups is 1. The Hall–Kier alpha value is -1.29. The van der Waals surface area contributed by atoms with Gasteiger partial charge in [0.25, 0.3) is 0 Å². The summed E-state index contributed by atoms with van der Waals surface area (Å²) in [5.41, 5.74) is 0.358. The van der Waals surface area contributed by atoms with E-state index in [9.17, 15) is 4.39 Å². The van der Waals surface area contributed by atoms with Crippen LogP contribution in [0.5, 0.6) is 11.5 Å². The van der Waals surface area contributed by atoms with E-state index in [-0.39, 0.29) is 12.4 Å². The Morgan fingerprint density at radius 1 is 1.50 bits per heavy atom. The van der Waals surface area contributed by atoms with Crippen molar-refractivity contribution in [2.45, 2.75) is 6.61 Å². The lowest BCUT2D eigenvalue weighted by atomic mass is 10.2. The average Bonchev–Trinajstić information content (AvgIpc) is 2.09. The number of aromatic hydroxyl groups is 1. The van der Waals surface area contributed by atoms with Gasteiger partial charge >= 0.3 is 0 Å². The molecule has 0 saturated heterocycles. The number of hydrogen-bond acceptors (Lipinski definition) is 3. The van der Waals surface area contributed by atoms with Gasteiger partial charge < -0.3 is 14.9 Å². The Labute approximate surface area is 69.0 Å². The summed E-state index contributed by atoms with van der Waals surface area (Å²) in [5.74, 6) is -1.02. The number of phenols is 1. The summed E-state index contributed by atoms with van der Waals surface area (Å²) in [6.07, 6.45) is 0. The molecule has 0 aliphatic rings. The number of halogens is 1. The number of methoxy groups -OCH3 is 1. The van der Waals surface area contributed by atoms with Crippen LogP contribution in [0.1, 0.15) is 5.56 Å². The minimum atomic E-state index is -0.760. The number of phenolic OH excluding ortho intramolecular Hbond substituents is 1. The van der Waals surface area contributed by atoms with Crippen molar-refractivity contribution in [3.63, 3.8) is 0 Å². The van der Waals surface area contributed by atoms with Crippen LogP contribution >= 0.6 is 0 Å². The first-order chi connectivity index (χ1) is 5.69. The van der Waals surface area contributed by atoms with Crippen LogP contribution in [0.3, 0.4) is 0 Å². The predicted octanol–water partition coefficient (Wildman–Crippen LogP) is 1.03. The third kappa shape index (κ3) is 1.48. The van der Waals surface area contributed by atoms with Crippen molar-refractivity contribution in [3.8, 4) is 11.5 Å². The lowest BCUT2D eigenvalue weighted by molar-refractivity contribution is 0.272. The van der Waals surface area contributed by atoms with E-state index in [0.29, 0.717) is 5.56 Å². The maximum Gasteiger partial charge on any atom is 0.168 e. The van der Waals surface area contributed by atoms with Gasteiger partial charge in [-0.05, 0) is 6.07 Å². The number of rotatable bonds is 2. The van der Waals surface area contributed by atoms with Gasteiger partial charge in [-0.3, -0.25) is 0 Å². The molecule has 2 N–H and O–H groups in total. The SMILES string of the molecule is COc1cc(F)c(O)cc1CO. The molecule has 4 heteroatoms. The van der Waals surface area contributed by atoms with Gasteiger partial charge in [0.15, 0.2) is 11.6 Å². The standard InChI is InChI=1S/C8H9FO3/c1-12-8-3-6(9)7(11)2-5(8)4-10/h2-3,10-11H,4H2,1H3. The average molecular weight is 172 g/mol. The lowest BCUT2D eigenvalue weighted by Gasteiger charge is -2.06. The van der Waals surface area contributed by atoms with Gasteiger partial charge in [0.2, 0.25) is 0 Å². The molecule has 1 aromatic carbocycles. The van der Waals surface area contributed by atoms with Crippen molar-refractivity contribution in [2.24, 2.45) is 0 Å². The molecular weight excluding hydrogens is 163 g/mol. The van der Waals surface area contributed by atoms with Crippen molar-refractivity contribution >= 4 is 0 Å². The first-order valence-electron chi connectivity index (χ1n) is 3.35. The lowest BCUT2D eigenvalue weighted by Crippen LogP contribution is -1.93. The zero-order valence-corrected chi connectivity index (χ0v) is 6.54. The monoisotopic (exact) mass is 172 g/mol. The van der Waals surface area contributed by atoms with E-state index in [1.807, 2.05) is 0 Å². The van der Waals surface area contributed by atoms with E-state index in [0.717, 1.165) is 12.1 Å². The summed E-state index contributed by atoms with van der Waals surface area (Å²) in [6.45, 7) is -0.295. The van der Waals surface area contributed by atoms with Crippen LogP contribution in [0, 0.1) is 5.82 Å². The van der Waals surface area contributed by atoms with Crippen LogP contribution in [0.2, 0.25) is 0 Å². The minimum Gasteiger partial charge on any atom is -0.505 e. The largest absolute Gasteiger partial charge is 0.505 e. The molecule has 0 amide bonds. The smallest absolute Gasteiger partial charge is 0.168 e. The molecular formula is C8H9FO3. The number of benzene rings is 1. The van der Waals surface area contributed by atoms with Crippen molar-refractivity contribution in [1.82, 2.24) is 0 Å². The van der Waals surface area contributed by atoms with Crippen LogP contribution in [0.15, 0.2) is 12.1 Å². The quantitative estimate of drug-likeness (QED) is 0.700. The highest BCUT2D eigenvalue weighted by atomic mass is 19.1. The van der Waals surface area contributed by atoms with Gasteiger partial charge in [0.1, 0.15) is 5.75 Å². The van der Waals surface area contributed by atoms with E-state index >= 15 is 0 Å². The van der Waals surface area contributed by atoms with E-state index in [1.54, 1.807) is 0 Å². The third-order valence-corrected chi connectivity index (χ3v) is 1.52. The fourth-order valence-electron chi connectivity index (χ4n) is 0.900. The summed E-state index contributed by atoms with van der Waals surface area (Å²) in [7, 11) is 1.37. The highest BCUT2D eigenvalue weighted by Gasteiger charge is 2.07. The molecule has 1 rings (SSSR count). The molecule has 0 saturated carbocycles. The fourth-order valence-corrected chi connectivity index (χ4v) is 0.900. The first-order valence-corrected chi connectivity index (χ1v) is 3.35. The highest BCUT2D eigenvalue weighted by molar-refractivity contribution is 5.40. The number of hydrogen-bond donors (Lipinski definition) is 2. The second kappa shape index (κ2) is 3.40. The summed E-state index contributed by atoms with van der Waals surface area (Å²) >= 11 is 0. The predicted molar refractivity (Wildman–Crippen MR) is 40.5 cm³/mol. The highest BCUT2D eigenvalue weighted by Crippen LogP contribution is 2.26. The normalized spacial score (nSPS) is 9.92. The van der Waals surface area contributed by atoms with Crippen molar-refractivity contribution < 1.29 is 19.3 Å². The number of aliphatic hydroxyl groups excluding tert-OH is 1. The molecule has 0 aliphatic carbocycles. The van der Waals surface area contributed by atoms with Crippen LogP contribution in [-0.4, -0.2) is 17.3 Å². The topological polar surface area (TPSA) is 49.7 Å². The van der Waals surface area contributed by atoms with Crippen molar-refractivity contribution in [1.29, 1.82) is 0 Å². The fraction of sp³-hybridized carbons (Fsp3) is 0.250. The molecule has 0 bridgehead atoms. The van der Waals surface area contributed by atoms with Gasteiger partial charge in [-0.15, -0.1) is 0 Å². The molecule has 12 heavy (non-hydrogen) atoms. The van der Waals surface area contributed by atoms with E-state index < -0.39 is 11.6 Å². The summed E-state index contributed by atoms with van der Waals surface area (Å²) in [5, 5.41) is 17.7. The molecule has 66 valence electrons. The molecule has 0 radical (unpaired) electrons. The molecule has 0 atom stereocenters. The summed E-state index contributed by atoms with van der Waals surface area (Å²) in [6, 6.07) is 2.16. The summed E-state index contributed by atoms with van der Waals surface area (Å²) < 4.78 is 17.4. The van der Waals surface area contributed by atoms with Crippen molar-refractivity contribution in [3.05, 3.63) is 23.5 Å². The van der Waals surface area contributed by atoms with Gasteiger partial charge in [-0.1, -0.05) is 0 Å². The Morgan fingerprint density at radius 2 is 2.17 bits per heavy atom. The Bertz CT molecular complexity index is 257. The molecule has 0 aliphatic heterocycles. The van der Waals surface area contributed by atoms with Crippen LogP contribution in [-0.2, 0) is 6.61 Å². The van der Waals surface area contributed by atoms with E-state index in [4.69, 9.17) is 14.9 Å². The second-order valence-electron chi connectivity index (χ2n) is 2.27. The minimum absolute atomic E-state index is 0.229. The molecule has 0 spiro atoms. The molecule has 1 aromatic rings. The first kappa shape index (κ1) is 8.80. The maximum atomic E-state index is 12.7. The van der Waals surface area contributed by atoms with Gasteiger partial charge in [0, 0.05) is 11.6 Å². The van der Waals surface area contributed by atoms with Crippen LogP contribution < -0.4 is 4.74 Å². The van der Waals surface area contributed by atoms with Crippen LogP contribution in [0.25, 0.3) is 0 Å². The number of ether oxygens (including phenoxy) is 1. The van der Waals surface area contributed by atoms with E-state index in [1.165, 1.54) is 7.11 Å². The van der Waals surface area contributed by atoms with Crippen LogP contribution in [0.4, 0.5) is 4.39 Å². The molecule has 3 nitrogen and oxygen atoms in total. The summed E-state index contributed by atoms with van der Waals surface area (Å²) in [4.78, 5) is 0. The van der Waals surface area contributed by atoms with E-state index in [2.05, 4.69) is 0 Å². The Kier molecular flexibility index (Phi) is 2.50. The zero-order valence-electron chi connectivity index (χ0n) is 6.54.